The Bertz CT molecular complexity index is 650. The Labute approximate surface area is 123 Å². The molecular weight excluding hydrogens is 307 g/mol. The van der Waals surface area contributed by atoms with Crippen LogP contribution < -0.4 is 5.73 Å². The van der Waals surface area contributed by atoms with Crippen molar-refractivity contribution >= 4 is 46.3 Å². The van der Waals surface area contributed by atoms with Gasteiger partial charge in [0.2, 0.25) is 0 Å². The number of nitrogens with two attached hydrogens (primary N) is 1. The van der Waals surface area contributed by atoms with Gasteiger partial charge in [-0.1, -0.05) is 35.0 Å². The molecule has 0 saturated carbocycles. The first-order valence-corrected chi connectivity index (χ1v) is 6.71. The Balaban J connectivity index is 2.31. The highest BCUT2D eigenvalue weighted by atomic mass is 35.5. The molecule has 2 N–H and O–H groups in total. The second-order valence-corrected chi connectivity index (χ2v) is 5.58. The van der Waals surface area contributed by atoms with Gasteiger partial charge in [-0.3, -0.25) is 10.1 Å². The monoisotopic (exact) mass is 314 g/mol. The molecule has 4 nitrogen and oxygen atoms in total. The van der Waals surface area contributed by atoms with Gasteiger partial charge in [0.25, 0.3) is 5.69 Å². The highest BCUT2D eigenvalue weighted by Crippen LogP contribution is 2.38. The van der Waals surface area contributed by atoms with Crippen molar-refractivity contribution in [3.63, 3.8) is 0 Å². The number of halogens is 2. The Morgan fingerprint density at radius 2 is 1.79 bits per heavy atom. The summed E-state index contributed by atoms with van der Waals surface area (Å²) in [6.45, 7) is 0. The predicted octanol–water partition coefficient (Wildman–Crippen LogP) is 4.64. The van der Waals surface area contributed by atoms with Crippen molar-refractivity contribution in [1.82, 2.24) is 0 Å². The van der Waals surface area contributed by atoms with Crippen molar-refractivity contribution < 1.29 is 4.92 Å². The minimum absolute atomic E-state index is 0.0431. The van der Waals surface area contributed by atoms with E-state index >= 15 is 0 Å². The van der Waals surface area contributed by atoms with Crippen LogP contribution in [0.3, 0.4) is 0 Å². The van der Waals surface area contributed by atoms with Crippen LogP contribution in [0.5, 0.6) is 0 Å². The van der Waals surface area contributed by atoms with E-state index in [0.717, 1.165) is 4.90 Å². The lowest BCUT2D eigenvalue weighted by atomic mass is 10.3. The lowest BCUT2D eigenvalue weighted by Crippen LogP contribution is -1.90. The third-order valence-corrected chi connectivity index (χ3v) is 4.15. The fraction of sp³-hybridized carbons (Fsp3) is 0. The molecule has 19 heavy (non-hydrogen) atoms. The number of nitrogens with zero attached hydrogens (tertiary/aromatic N) is 1. The van der Waals surface area contributed by atoms with E-state index < -0.39 is 4.92 Å². The summed E-state index contributed by atoms with van der Waals surface area (Å²) in [5, 5.41) is 11.5. The van der Waals surface area contributed by atoms with Gasteiger partial charge in [-0.05, 0) is 24.3 Å². The van der Waals surface area contributed by atoms with E-state index in [-0.39, 0.29) is 5.69 Å². The van der Waals surface area contributed by atoms with Crippen molar-refractivity contribution in [2.45, 2.75) is 9.79 Å². The van der Waals surface area contributed by atoms with Crippen molar-refractivity contribution in [3.8, 4) is 0 Å². The van der Waals surface area contributed by atoms with E-state index in [1.807, 2.05) is 0 Å². The summed E-state index contributed by atoms with van der Waals surface area (Å²) in [4.78, 5) is 11.6. The summed E-state index contributed by atoms with van der Waals surface area (Å²) in [6.07, 6.45) is 0. The van der Waals surface area contributed by atoms with Gasteiger partial charge >= 0.3 is 0 Å². The Kier molecular flexibility index (Phi) is 4.19. The molecule has 0 fully saturated rings. The zero-order valence-electron chi connectivity index (χ0n) is 9.47. The summed E-state index contributed by atoms with van der Waals surface area (Å²) in [7, 11) is 0. The number of benzene rings is 2. The summed E-state index contributed by atoms with van der Waals surface area (Å²) < 4.78 is 0. The molecule has 0 atom stereocenters. The molecule has 0 spiro atoms. The third-order valence-electron chi connectivity index (χ3n) is 2.32. The first-order chi connectivity index (χ1) is 8.97. The minimum Gasteiger partial charge on any atom is -0.398 e. The lowest BCUT2D eigenvalue weighted by molar-refractivity contribution is -0.384. The highest BCUT2D eigenvalue weighted by molar-refractivity contribution is 7.99. The summed E-state index contributed by atoms with van der Waals surface area (Å²) in [6, 6.07) is 9.46. The second kappa shape index (κ2) is 5.69. The van der Waals surface area contributed by atoms with E-state index in [1.165, 1.54) is 23.9 Å². The molecule has 0 aliphatic carbocycles. The number of nitro groups is 1. The SMILES string of the molecule is Nc1cc(Cl)ccc1Sc1ccc([N+](=O)[O-])cc1Cl. The van der Waals surface area contributed by atoms with Crippen molar-refractivity contribution in [1.29, 1.82) is 0 Å². The van der Waals surface area contributed by atoms with E-state index in [9.17, 15) is 10.1 Å². The van der Waals surface area contributed by atoms with Crippen LogP contribution >= 0.6 is 35.0 Å². The molecule has 0 aliphatic rings. The Hall–Kier alpha value is -1.43. The quantitative estimate of drug-likeness (QED) is 0.509. The number of non-ortho nitro benzene ring substituents is 1. The fourth-order valence-electron chi connectivity index (χ4n) is 1.42. The Morgan fingerprint density at radius 3 is 2.37 bits per heavy atom. The largest absolute Gasteiger partial charge is 0.398 e. The lowest BCUT2D eigenvalue weighted by Gasteiger charge is -2.07. The van der Waals surface area contributed by atoms with E-state index in [2.05, 4.69) is 0 Å². The van der Waals surface area contributed by atoms with Crippen molar-refractivity contribution in [2.24, 2.45) is 0 Å². The molecule has 2 aromatic carbocycles. The molecule has 2 rings (SSSR count). The zero-order chi connectivity index (χ0) is 14.0. The number of nitrogen functional groups attached to an aromatic ring is 1. The fourth-order valence-corrected chi connectivity index (χ4v) is 2.73. The molecule has 0 radical (unpaired) electrons. The van der Waals surface area contributed by atoms with Gasteiger partial charge in [-0.15, -0.1) is 0 Å². The highest BCUT2D eigenvalue weighted by Gasteiger charge is 2.11. The first-order valence-electron chi connectivity index (χ1n) is 5.14. The standard InChI is InChI=1S/C12H8Cl2N2O2S/c13-7-1-3-12(10(15)5-7)19-11-4-2-8(16(17)18)6-9(11)14/h1-6H,15H2. The first kappa shape index (κ1) is 14.0. The van der Waals surface area contributed by atoms with Crippen LogP contribution in [0.1, 0.15) is 0 Å². The molecule has 0 saturated heterocycles. The summed E-state index contributed by atoms with van der Waals surface area (Å²) in [5.41, 5.74) is 6.33. The van der Waals surface area contributed by atoms with Gasteiger partial charge in [-0.2, -0.15) is 0 Å². The van der Waals surface area contributed by atoms with E-state index in [4.69, 9.17) is 28.9 Å². The van der Waals surface area contributed by atoms with Gasteiger partial charge in [0, 0.05) is 32.6 Å². The topological polar surface area (TPSA) is 69.2 Å². The maximum absolute atomic E-state index is 10.6. The average molecular weight is 315 g/mol. The normalized spacial score (nSPS) is 10.4. The maximum atomic E-state index is 10.6. The van der Waals surface area contributed by atoms with Crippen LogP contribution in [0.15, 0.2) is 46.2 Å². The third kappa shape index (κ3) is 3.32. The van der Waals surface area contributed by atoms with Crippen LogP contribution in [0, 0.1) is 10.1 Å². The van der Waals surface area contributed by atoms with Crippen molar-refractivity contribution in [3.05, 3.63) is 56.6 Å². The smallest absolute Gasteiger partial charge is 0.270 e. The maximum Gasteiger partial charge on any atom is 0.270 e. The molecule has 0 bridgehead atoms. The molecule has 7 heteroatoms. The summed E-state index contributed by atoms with van der Waals surface area (Å²) in [5.74, 6) is 0. The van der Waals surface area contributed by atoms with E-state index in [0.29, 0.717) is 20.6 Å². The molecule has 0 aliphatic heterocycles. The molecule has 0 unspecified atom stereocenters. The molecule has 0 amide bonds. The average Bonchev–Trinajstić information content (AvgIpc) is 2.34. The number of hydrogen-bond acceptors (Lipinski definition) is 4. The van der Waals surface area contributed by atoms with Gasteiger partial charge in [-0.25, -0.2) is 0 Å². The van der Waals surface area contributed by atoms with E-state index in [1.54, 1.807) is 24.3 Å². The minimum atomic E-state index is -0.489. The predicted molar refractivity (Wildman–Crippen MR) is 78.1 cm³/mol. The van der Waals surface area contributed by atoms with Gasteiger partial charge in [0.15, 0.2) is 0 Å². The number of nitro benzene ring substituents is 1. The Morgan fingerprint density at radius 1 is 1.11 bits per heavy atom. The van der Waals surface area contributed by atoms with Crippen LogP contribution in [0.25, 0.3) is 0 Å². The molecular formula is C12H8Cl2N2O2S. The molecule has 0 aromatic heterocycles. The number of anilines is 1. The van der Waals surface area contributed by atoms with Gasteiger partial charge in [0.1, 0.15) is 0 Å². The van der Waals surface area contributed by atoms with Crippen LogP contribution in [0.2, 0.25) is 10.0 Å². The van der Waals surface area contributed by atoms with Crippen LogP contribution in [-0.4, -0.2) is 4.92 Å². The zero-order valence-corrected chi connectivity index (χ0v) is 11.8. The van der Waals surface area contributed by atoms with Crippen LogP contribution in [0.4, 0.5) is 11.4 Å². The van der Waals surface area contributed by atoms with Crippen molar-refractivity contribution in [2.75, 3.05) is 5.73 Å². The molecule has 0 heterocycles. The van der Waals surface area contributed by atoms with Crippen LogP contribution in [-0.2, 0) is 0 Å². The van der Waals surface area contributed by atoms with Gasteiger partial charge in [0.05, 0.1) is 9.95 Å². The number of rotatable bonds is 3. The summed E-state index contributed by atoms with van der Waals surface area (Å²) >= 11 is 13.2. The molecule has 2 aromatic rings. The molecule has 98 valence electrons. The number of hydrogen-bond donors (Lipinski definition) is 1. The van der Waals surface area contributed by atoms with Gasteiger partial charge < -0.3 is 5.73 Å². The second-order valence-electron chi connectivity index (χ2n) is 3.66.